The first-order valence-electron chi connectivity index (χ1n) is 11.3. The van der Waals surface area contributed by atoms with Crippen LogP contribution in [0.3, 0.4) is 0 Å². The van der Waals surface area contributed by atoms with Crippen LogP contribution in [0.15, 0.2) is 102 Å². The van der Waals surface area contributed by atoms with E-state index in [9.17, 15) is 0 Å². The number of H-pyrrole nitrogens is 1. The summed E-state index contributed by atoms with van der Waals surface area (Å²) in [5.74, 6) is 1.29. The third-order valence-corrected chi connectivity index (χ3v) is 6.80. The van der Waals surface area contributed by atoms with Crippen LogP contribution in [0.4, 0.5) is 0 Å². The zero-order valence-electron chi connectivity index (χ0n) is 18.3. The summed E-state index contributed by atoms with van der Waals surface area (Å²) in [6.45, 7) is 2.17. The van der Waals surface area contributed by atoms with Crippen LogP contribution in [0.5, 0.6) is 0 Å². The van der Waals surface area contributed by atoms with Crippen molar-refractivity contribution in [2.75, 3.05) is 0 Å². The number of hydrogen-bond donors (Lipinski definition) is 0. The molecule has 0 amide bonds. The van der Waals surface area contributed by atoms with E-state index in [2.05, 4.69) is 95.8 Å². The van der Waals surface area contributed by atoms with Gasteiger partial charge in [0.15, 0.2) is 0 Å². The highest BCUT2D eigenvalue weighted by molar-refractivity contribution is 6.11. The SMILES string of the molecule is Cc1cc2c3c4c(ccc3c1)C(=C1C=CC=N1)C=C(c1ccc(-[c-]3ccc[nH+]3)cc1)[C+]4C=C2. The molecule has 2 nitrogen and oxygen atoms in total. The van der Waals surface area contributed by atoms with Crippen molar-refractivity contribution in [3.05, 3.63) is 131 Å². The number of nitrogens with zero attached hydrogens (tertiary/aromatic N) is 1. The predicted octanol–water partition coefficient (Wildman–Crippen LogP) is 6.75. The van der Waals surface area contributed by atoms with Gasteiger partial charge in [-0.15, -0.1) is 12.1 Å². The Kier molecular flexibility index (Phi) is 3.80. The molecule has 2 heteroatoms. The molecule has 0 fully saturated rings. The van der Waals surface area contributed by atoms with Gasteiger partial charge in [-0.2, -0.15) is 0 Å². The Morgan fingerprint density at radius 3 is 2.70 bits per heavy atom. The predicted molar refractivity (Wildman–Crippen MR) is 137 cm³/mol. The van der Waals surface area contributed by atoms with Crippen LogP contribution in [-0.4, -0.2) is 6.21 Å². The average Bonchev–Trinajstić information content (AvgIpc) is 3.57. The van der Waals surface area contributed by atoms with Crippen LogP contribution in [0.2, 0.25) is 0 Å². The molecule has 1 aromatic heterocycles. The molecular formula is C31H21N2+. The molecule has 33 heavy (non-hydrogen) atoms. The van der Waals surface area contributed by atoms with E-state index in [1.165, 1.54) is 61.2 Å². The fraction of sp³-hybridized carbons (Fsp3) is 0.0323. The van der Waals surface area contributed by atoms with E-state index in [4.69, 9.17) is 0 Å². The van der Waals surface area contributed by atoms with Crippen molar-refractivity contribution >= 4 is 34.2 Å². The molecule has 3 aliphatic rings. The van der Waals surface area contributed by atoms with Crippen LogP contribution >= 0.6 is 0 Å². The van der Waals surface area contributed by atoms with Crippen LogP contribution in [0, 0.1) is 12.8 Å². The van der Waals surface area contributed by atoms with Crippen LogP contribution < -0.4 is 4.98 Å². The van der Waals surface area contributed by atoms with Crippen molar-refractivity contribution in [1.29, 1.82) is 0 Å². The van der Waals surface area contributed by atoms with Gasteiger partial charge in [-0.25, -0.2) is 0 Å². The van der Waals surface area contributed by atoms with Crippen molar-refractivity contribution in [2.24, 2.45) is 4.99 Å². The van der Waals surface area contributed by atoms with E-state index in [0.29, 0.717) is 0 Å². The molecule has 3 aromatic carbocycles. The topological polar surface area (TPSA) is 26.5 Å². The first kappa shape index (κ1) is 18.3. The maximum Gasteiger partial charge on any atom is 0.132 e. The van der Waals surface area contributed by atoms with Gasteiger partial charge in [0.1, 0.15) is 5.69 Å². The van der Waals surface area contributed by atoms with Crippen molar-refractivity contribution in [3.63, 3.8) is 0 Å². The number of nitrogens with one attached hydrogen (secondary N) is 1. The molecule has 154 valence electrons. The lowest BCUT2D eigenvalue weighted by atomic mass is 9.71. The van der Waals surface area contributed by atoms with Gasteiger partial charge in [-0.1, -0.05) is 29.8 Å². The van der Waals surface area contributed by atoms with Crippen LogP contribution in [0.25, 0.3) is 39.3 Å². The summed E-state index contributed by atoms with van der Waals surface area (Å²) in [4.78, 5) is 7.96. The lowest BCUT2D eigenvalue weighted by Gasteiger charge is -2.26. The first-order valence-corrected chi connectivity index (χ1v) is 11.3. The summed E-state index contributed by atoms with van der Waals surface area (Å²) in [7, 11) is 0. The highest BCUT2D eigenvalue weighted by Gasteiger charge is 2.36. The Hall–Kier alpha value is -4.30. The molecule has 0 bridgehead atoms. The quantitative estimate of drug-likeness (QED) is 0.320. The monoisotopic (exact) mass is 421 g/mol. The van der Waals surface area contributed by atoms with E-state index in [0.717, 1.165) is 11.4 Å². The third-order valence-electron chi connectivity index (χ3n) is 6.80. The normalized spacial score (nSPS) is 17.8. The minimum Gasteiger partial charge on any atom is -0.282 e. The zero-order valence-corrected chi connectivity index (χ0v) is 18.3. The number of benzene rings is 3. The third kappa shape index (κ3) is 2.74. The molecule has 0 radical (unpaired) electrons. The summed E-state index contributed by atoms with van der Waals surface area (Å²) in [5, 5.41) is 2.64. The number of allylic oxidation sites excluding steroid dienone is 6. The highest BCUT2D eigenvalue weighted by atomic mass is 14.7. The molecule has 2 aliphatic carbocycles. The molecule has 0 spiro atoms. The van der Waals surface area contributed by atoms with Gasteiger partial charge in [-0.3, -0.25) is 9.98 Å². The van der Waals surface area contributed by atoms with Crippen molar-refractivity contribution < 1.29 is 4.98 Å². The Morgan fingerprint density at radius 1 is 1.00 bits per heavy atom. The Balaban J connectivity index is 1.47. The van der Waals surface area contributed by atoms with Gasteiger partial charge in [0.2, 0.25) is 0 Å². The molecule has 0 atom stereocenters. The van der Waals surface area contributed by atoms with Crippen LogP contribution in [0.1, 0.15) is 27.8 Å². The fourth-order valence-electron chi connectivity index (χ4n) is 5.32. The highest BCUT2D eigenvalue weighted by Crippen LogP contribution is 2.50. The van der Waals surface area contributed by atoms with Crippen molar-refractivity contribution in [3.8, 4) is 11.3 Å². The minimum atomic E-state index is 1.02. The number of aliphatic imine (C=N–C) groups is 1. The molecule has 4 aromatic rings. The molecule has 2 heterocycles. The maximum atomic E-state index is 4.66. The molecule has 7 rings (SSSR count). The maximum absolute atomic E-state index is 4.66. The standard InChI is InChI=1S/C31H21N2/c1-19-16-22-10-12-24-26(20-6-8-21(9-7-20)28-4-2-14-32-28)18-27(29-5-3-15-33-29)25-13-11-23(17-19)30(22)31(24)25/h2-18,32H,1H3/q+1. The molecule has 0 saturated heterocycles. The van der Waals surface area contributed by atoms with E-state index < -0.39 is 0 Å². The smallest absolute Gasteiger partial charge is 0.132 e. The summed E-state index contributed by atoms with van der Waals surface area (Å²) < 4.78 is 0. The van der Waals surface area contributed by atoms with Crippen molar-refractivity contribution in [1.82, 2.24) is 0 Å². The molecule has 0 unspecified atom stereocenters. The summed E-state index contributed by atoms with van der Waals surface area (Å²) in [6, 6.07) is 22.1. The van der Waals surface area contributed by atoms with E-state index in [1.54, 1.807) is 0 Å². The Labute approximate surface area is 193 Å². The summed E-state index contributed by atoms with van der Waals surface area (Å²) in [5.41, 5.74) is 12.2. The summed E-state index contributed by atoms with van der Waals surface area (Å²) >= 11 is 0. The lowest BCUT2D eigenvalue weighted by Crippen LogP contribution is -2.13. The Morgan fingerprint density at radius 2 is 1.91 bits per heavy atom. The van der Waals surface area contributed by atoms with Gasteiger partial charge in [0, 0.05) is 34.9 Å². The number of aryl methyl sites for hydroxylation is 1. The number of rotatable bonds is 2. The van der Waals surface area contributed by atoms with Crippen molar-refractivity contribution in [2.45, 2.75) is 6.92 Å². The van der Waals surface area contributed by atoms with Gasteiger partial charge < -0.3 is 0 Å². The molecule has 0 saturated carbocycles. The summed E-state index contributed by atoms with van der Waals surface area (Å²) in [6.07, 6.45) is 14.8. The van der Waals surface area contributed by atoms with E-state index in [1.807, 2.05) is 24.6 Å². The second kappa shape index (κ2) is 6.85. The van der Waals surface area contributed by atoms with Gasteiger partial charge in [0.05, 0.1) is 45.5 Å². The molecule has 1 aliphatic heterocycles. The lowest BCUT2D eigenvalue weighted by molar-refractivity contribution is -0.360. The largest absolute Gasteiger partial charge is 0.282 e. The van der Waals surface area contributed by atoms with Crippen LogP contribution in [-0.2, 0) is 0 Å². The van der Waals surface area contributed by atoms with E-state index >= 15 is 0 Å². The average molecular weight is 422 g/mol. The second-order valence-corrected chi connectivity index (χ2v) is 8.84. The minimum absolute atomic E-state index is 1.02. The number of aromatic amines is 1. The number of aromatic nitrogens is 1. The van der Waals surface area contributed by atoms with E-state index in [-0.39, 0.29) is 0 Å². The van der Waals surface area contributed by atoms with Gasteiger partial charge in [-0.05, 0) is 55.0 Å². The second-order valence-electron chi connectivity index (χ2n) is 8.84. The Bertz CT molecular complexity index is 1570. The first-order chi connectivity index (χ1) is 16.3. The number of hydrogen-bond acceptors (Lipinski definition) is 1. The van der Waals surface area contributed by atoms with Gasteiger partial charge in [0.25, 0.3) is 0 Å². The fourth-order valence-corrected chi connectivity index (χ4v) is 5.32. The molecular weight excluding hydrogens is 400 g/mol. The molecule has 1 N–H and O–H groups in total. The van der Waals surface area contributed by atoms with Gasteiger partial charge >= 0.3 is 0 Å². The zero-order chi connectivity index (χ0) is 21.9.